The van der Waals surface area contributed by atoms with Crippen molar-refractivity contribution in [3.05, 3.63) is 108 Å². The first-order valence-corrected chi connectivity index (χ1v) is 13.1. The normalized spacial score (nSPS) is 19.1. The van der Waals surface area contributed by atoms with Crippen LogP contribution in [0.5, 0.6) is 0 Å². The van der Waals surface area contributed by atoms with Gasteiger partial charge in [0.25, 0.3) is 0 Å². The summed E-state index contributed by atoms with van der Waals surface area (Å²) in [5, 5.41) is 6.56. The highest BCUT2D eigenvalue weighted by Crippen LogP contribution is 2.31. The number of carbonyl (C=O) groups is 1. The molecular weight excluding hydrogens is 458 g/mol. The lowest BCUT2D eigenvalue weighted by Gasteiger charge is -2.24. The Morgan fingerprint density at radius 2 is 1.43 bits per heavy atom. The maximum absolute atomic E-state index is 13.6. The summed E-state index contributed by atoms with van der Waals surface area (Å²) in [5.74, 6) is 0.0149. The van der Waals surface area contributed by atoms with Gasteiger partial charge < -0.3 is 4.90 Å². The van der Waals surface area contributed by atoms with Crippen LogP contribution < -0.4 is 0 Å². The number of rotatable bonds is 9. The van der Waals surface area contributed by atoms with Crippen LogP contribution in [0.2, 0.25) is 0 Å². The van der Waals surface area contributed by atoms with Crippen LogP contribution in [-0.4, -0.2) is 58.6 Å². The molecule has 0 bridgehead atoms. The third-order valence-electron chi connectivity index (χ3n) is 7.03. The summed E-state index contributed by atoms with van der Waals surface area (Å²) < 4.78 is 0. The SMILES string of the molecule is CCN(CC)CCC(=O)N1N=C(c2ccccc2)C[C@@H]1C1=N[C@H](c2ccccc2)N=C1c1ccccc1. The molecule has 3 aromatic carbocycles. The van der Waals surface area contributed by atoms with Gasteiger partial charge in [-0.15, -0.1) is 0 Å². The molecular formula is C31H33N5O. The van der Waals surface area contributed by atoms with Gasteiger partial charge >= 0.3 is 0 Å². The highest BCUT2D eigenvalue weighted by atomic mass is 16.2. The first kappa shape index (κ1) is 24.8. The maximum Gasteiger partial charge on any atom is 0.244 e. The van der Waals surface area contributed by atoms with Gasteiger partial charge in [0.05, 0.1) is 17.1 Å². The first-order valence-electron chi connectivity index (χ1n) is 13.1. The van der Waals surface area contributed by atoms with Crippen molar-refractivity contribution in [3.8, 4) is 0 Å². The van der Waals surface area contributed by atoms with Crippen LogP contribution in [0.25, 0.3) is 0 Å². The monoisotopic (exact) mass is 491 g/mol. The van der Waals surface area contributed by atoms with Crippen LogP contribution in [-0.2, 0) is 4.79 Å². The van der Waals surface area contributed by atoms with Gasteiger partial charge in [0.15, 0.2) is 6.17 Å². The second kappa shape index (κ2) is 11.4. The molecule has 0 aromatic heterocycles. The summed E-state index contributed by atoms with van der Waals surface area (Å²) in [5.41, 5.74) is 5.63. The molecule has 2 aliphatic rings. The quantitative estimate of drug-likeness (QED) is 0.404. The van der Waals surface area contributed by atoms with Crippen molar-refractivity contribution in [1.82, 2.24) is 9.91 Å². The van der Waals surface area contributed by atoms with Crippen LogP contribution in [0.3, 0.4) is 0 Å². The Kier molecular flexibility index (Phi) is 7.66. The molecule has 0 fully saturated rings. The number of carbonyl (C=O) groups excluding carboxylic acids is 1. The van der Waals surface area contributed by atoms with E-state index in [1.54, 1.807) is 5.01 Å². The number of nitrogens with zero attached hydrogens (tertiary/aromatic N) is 5. The molecule has 0 saturated heterocycles. The molecule has 2 atom stereocenters. The van der Waals surface area contributed by atoms with Gasteiger partial charge in [-0.25, -0.2) is 5.01 Å². The minimum Gasteiger partial charge on any atom is -0.303 e. The van der Waals surface area contributed by atoms with E-state index < -0.39 is 0 Å². The van der Waals surface area contributed by atoms with Gasteiger partial charge in [0.2, 0.25) is 5.91 Å². The van der Waals surface area contributed by atoms with Gasteiger partial charge in [0, 0.05) is 24.9 Å². The standard InChI is InChI=1S/C31H33N5O/c1-3-35(4-2)21-20-28(37)36-27(22-26(34-36)23-14-8-5-9-15-23)30-29(24-16-10-6-11-17-24)32-31(33-30)25-18-12-7-13-19-25/h5-19,27,31H,3-4,20-22H2,1-2H3/t27-,31-/m1/s1. The minimum atomic E-state index is -0.334. The molecule has 6 nitrogen and oxygen atoms in total. The molecule has 6 heteroatoms. The van der Waals surface area contributed by atoms with E-state index in [1.165, 1.54) is 0 Å². The molecule has 0 N–H and O–H groups in total. The van der Waals surface area contributed by atoms with E-state index >= 15 is 0 Å². The van der Waals surface area contributed by atoms with E-state index in [0.29, 0.717) is 19.4 Å². The number of amides is 1. The summed E-state index contributed by atoms with van der Waals surface area (Å²) in [6, 6.07) is 30.1. The Hall–Kier alpha value is -3.90. The van der Waals surface area contributed by atoms with Crippen LogP contribution in [0.15, 0.2) is 106 Å². The van der Waals surface area contributed by atoms with Crippen molar-refractivity contribution in [2.45, 2.75) is 38.9 Å². The summed E-state index contributed by atoms with van der Waals surface area (Å²) in [7, 11) is 0. The number of aliphatic imine (C=N–C) groups is 2. The highest BCUT2D eigenvalue weighted by Gasteiger charge is 2.40. The fourth-order valence-electron chi connectivity index (χ4n) is 4.91. The smallest absolute Gasteiger partial charge is 0.244 e. The zero-order valence-electron chi connectivity index (χ0n) is 21.5. The summed E-state index contributed by atoms with van der Waals surface area (Å²) in [6.07, 6.45) is 0.685. The molecule has 188 valence electrons. The zero-order chi connectivity index (χ0) is 25.6. The molecule has 0 aliphatic carbocycles. The van der Waals surface area contributed by atoms with Gasteiger partial charge in [-0.3, -0.25) is 14.8 Å². The number of hydrogen-bond acceptors (Lipinski definition) is 5. The molecule has 0 spiro atoms. The highest BCUT2D eigenvalue weighted by molar-refractivity contribution is 6.51. The summed E-state index contributed by atoms with van der Waals surface area (Å²) in [4.78, 5) is 26.1. The Labute approximate surface area is 219 Å². The first-order chi connectivity index (χ1) is 18.2. The fraction of sp³-hybridized carbons (Fsp3) is 0.290. The van der Waals surface area contributed by atoms with E-state index in [2.05, 4.69) is 55.1 Å². The van der Waals surface area contributed by atoms with Crippen LogP contribution >= 0.6 is 0 Å². The van der Waals surface area contributed by atoms with Crippen molar-refractivity contribution < 1.29 is 4.79 Å². The lowest BCUT2D eigenvalue weighted by Crippen LogP contribution is -2.42. The third-order valence-corrected chi connectivity index (χ3v) is 7.03. The van der Waals surface area contributed by atoms with Crippen molar-refractivity contribution in [2.24, 2.45) is 15.1 Å². The lowest BCUT2D eigenvalue weighted by atomic mass is 9.95. The maximum atomic E-state index is 13.6. The van der Waals surface area contributed by atoms with E-state index in [0.717, 1.165) is 46.9 Å². The van der Waals surface area contributed by atoms with Crippen molar-refractivity contribution in [3.63, 3.8) is 0 Å². The van der Waals surface area contributed by atoms with Gasteiger partial charge in [-0.05, 0) is 24.2 Å². The molecule has 2 heterocycles. The topological polar surface area (TPSA) is 60.6 Å². The molecule has 2 aliphatic heterocycles. The van der Waals surface area contributed by atoms with Crippen molar-refractivity contribution in [1.29, 1.82) is 0 Å². The average molecular weight is 492 g/mol. The molecule has 1 amide bonds. The van der Waals surface area contributed by atoms with E-state index in [-0.39, 0.29) is 18.1 Å². The lowest BCUT2D eigenvalue weighted by molar-refractivity contribution is -0.132. The molecule has 0 radical (unpaired) electrons. The number of hydrogen-bond donors (Lipinski definition) is 0. The second-order valence-electron chi connectivity index (χ2n) is 9.29. The number of benzene rings is 3. The Balaban J connectivity index is 1.52. The zero-order valence-corrected chi connectivity index (χ0v) is 21.5. The largest absolute Gasteiger partial charge is 0.303 e. The van der Waals surface area contributed by atoms with E-state index in [9.17, 15) is 4.79 Å². The summed E-state index contributed by atoms with van der Waals surface area (Å²) in [6.45, 7) is 6.80. The van der Waals surface area contributed by atoms with Gasteiger partial charge in [-0.1, -0.05) is 105 Å². The third kappa shape index (κ3) is 5.44. The van der Waals surface area contributed by atoms with Gasteiger partial charge in [-0.2, -0.15) is 5.10 Å². The summed E-state index contributed by atoms with van der Waals surface area (Å²) >= 11 is 0. The van der Waals surface area contributed by atoms with Crippen LogP contribution in [0.1, 0.15) is 49.5 Å². The molecule has 37 heavy (non-hydrogen) atoms. The van der Waals surface area contributed by atoms with Gasteiger partial charge in [0.1, 0.15) is 6.04 Å². The molecule has 0 saturated carbocycles. The predicted octanol–water partition coefficient (Wildman–Crippen LogP) is 5.37. The predicted molar refractivity (Wildman–Crippen MR) is 150 cm³/mol. The average Bonchev–Trinajstić information content (AvgIpc) is 3.60. The second-order valence-corrected chi connectivity index (χ2v) is 9.29. The van der Waals surface area contributed by atoms with Crippen LogP contribution in [0, 0.1) is 0 Å². The van der Waals surface area contributed by atoms with Crippen molar-refractivity contribution in [2.75, 3.05) is 19.6 Å². The van der Waals surface area contributed by atoms with Crippen molar-refractivity contribution >= 4 is 23.0 Å². The van der Waals surface area contributed by atoms with Crippen LogP contribution in [0.4, 0.5) is 0 Å². The molecule has 0 unspecified atom stereocenters. The number of hydrazone groups is 1. The fourth-order valence-corrected chi connectivity index (χ4v) is 4.91. The minimum absolute atomic E-state index is 0.0149. The van der Waals surface area contributed by atoms with E-state index in [4.69, 9.17) is 15.1 Å². The molecule has 5 rings (SSSR count). The Morgan fingerprint density at radius 1 is 0.838 bits per heavy atom. The Morgan fingerprint density at radius 3 is 2.05 bits per heavy atom. The van der Waals surface area contributed by atoms with E-state index in [1.807, 2.05) is 54.6 Å². The molecule has 3 aromatic rings. The Bertz CT molecular complexity index is 1300.